The van der Waals surface area contributed by atoms with Gasteiger partial charge in [0, 0.05) is 35.7 Å². The zero-order chi connectivity index (χ0) is 17.1. The van der Waals surface area contributed by atoms with Crippen molar-refractivity contribution in [3.63, 3.8) is 0 Å². The minimum atomic E-state index is -0.485. The first-order chi connectivity index (χ1) is 11.6. The number of hydrogen-bond acceptors (Lipinski definition) is 3. The molecule has 3 nitrogen and oxygen atoms in total. The van der Waals surface area contributed by atoms with Crippen LogP contribution in [0.4, 0.5) is 8.78 Å². The number of likely N-dealkylation sites (tertiary alicyclic amines) is 1. The van der Waals surface area contributed by atoms with Gasteiger partial charge < -0.3 is 5.32 Å². The molecule has 24 heavy (non-hydrogen) atoms. The lowest BCUT2D eigenvalue weighted by Gasteiger charge is -2.31. The third kappa shape index (κ3) is 3.73. The van der Waals surface area contributed by atoms with Crippen LogP contribution in [0.1, 0.15) is 37.3 Å². The molecule has 2 heterocycles. The monoisotopic (exact) mass is 333 g/mol. The Balaban J connectivity index is 1.83. The highest BCUT2D eigenvalue weighted by atomic mass is 19.1. The van der Waals surface area contributed by atoms with Crippen molar-refractivity contribution in [3.8, 4) is 0 Å². The van der Waals surface area contributed by atoms with E-state index in [1.54, 1.807) is 13.1 Å². The number of pyridine rings is 1. The van der Waals surface area contributed by atoms with Gasteiger partial charge in [-0.15, -0.1) is 0 Å². The summed E-state index contributed by atoms with van der Waals surface area (Å²) in [6, 6.07) is 4.91. The van der Waals surface area contributed by atoms with Crippen LogP contribution in [0.15, 0.2) is 18.2 Å². The Bertz CT molecular complexity index is 709. The van der Waals surface area contributed by atoms with Gasteiger partial charge in [0.05, 0.1) is 5.52 Å². The molecule has 0 radical (unpaired) electrons. The first kappa shape index (κ1) is 17.2. The molecule has 0 spiro atoms. The van der Waals surface area contributed by atoms with E-state index in [1.165, 1.54) is 25.3 Å². The third-order valence-electron chi connectivity index (χ3n) is 5.05. The minimum absolute atomic E-state index is 0.349. The predicted octanol–water partition coefficient (Wildman–Crippen LogP) is 3.85. The Morgan fingerprint density at radius 1 is 1.17 bits per heavy atom. The van der Waals surface area contributed by atoms with Gasteiger partial charge in [0.25, 0.3) is 0 Å². The zero-order valence-electron chi connectivity index (χ0n) is 14.4. The van der Waals surface area contributed by atoms with Crippen molar-refractivity contribution in [2.24, 2.45) is 5.92 Å². The maximum Gasteiger partial charge on any atom is 0.217 e. The summed E-state index contributed by atoms with van der Waals surface area (Å²) in [5.74, 6) is -0.0353. The van der Waals surface area contributed by atoms with Crippen molar-refractivity contribution in [3.05, 3.63) is 41.1 Å². The number of benzene rings is 1. The smallest absolute Gasteiger partial charge is 0.217 e. The van der Waals surface area contributed by atoms with E-state index < -0.39 is 5.95 Å². The van der Waals surface area contributed by atoms with Crippen molar-refractivity contribution in [2.75, 3.05) is 20.1 Å². The quantitative estimate of drug-likeness (QED) is 0.842. The first-order valence-corrected chi connectivity index (χ1v) is 8.75. The molecule has 3 rings (SSSR count). The number of aromatic nitrogens is 1. The molecule has 130 valence electrons. The lowest BCUT2D eigenvalue weighted by Crippen LogP contribution is -2.33. The van der Waals surface area contributed by atoms with Crippen molar-refractivity contribution in [2.45, 2.75) is 39.3 Å². The van der Waals surface area contributed by atoms with Gasteiger partial charge in [-0.25, -0.2) is 9.37 Å². The predicted molar refractivity (Wildman–Crippen MR) is 92.7 cm³/mol. The summed E-state index contributed by atoms with van der Waals surface area (Å²) in [6.07, 6.45) is 3.58. The van der Waals surface area contributed by atoms with E-state index in [0.29, 0.717) is 29.7 Å². The second-order valence-corrected chi connectivity index (χ2v) is 6.73. The lowest BCUT2D eigenvalue weighted by molar-refractivity contribution is 0.173. The first-order valence-electron chi connectivity index (χ1n) is 8.75. The normalized spacial score (nSPS) is 16.8. The summed E-state index contributed by atoms with van der Waals surface area (Å²) in [4.78, 5) is 6.27. The molecule has 5 heteroatoms. The highest BCUT2D eigenvalue weighted by molar-refractivity contribution is 5.80. The van der Waals surface area contributed by atoms with E-state index in [-0.39, 0.29) is 5.82 Å². The highest BCUT2D eigenvalue weighted by Gasteiger charge is 2.19. The Morgan fingerprint density at radius 2 is 1.88 bits per heavy atom. The van der Waals surface area contributed by atoms with Gasteiger partial charge in [0.2, 0.25) is 5.95 Å². The maximum atomic E-state index is 14.3. The molecule has 0 aliphatic carbocycles. The van der Waals surface area contributed by atoms with Crippen LogP contribution in [0.5, 0.6) is 0 Å². The average Bonchev–Trinajstić information content (AvgIpc) is 2.58. The van der Waals surface area contributed by atoms with Gasteiger partial charge in [-0.1, -0.05) is 13.3 Å². The standard InChI is InChI=1S/C19H25F2N3/c1-3-13-4-6-24(7-5-13)12-16-9-14-8-15(11-22-2)17(20)10-18(14)23-19(16)21/h8-10,13,22H,3-7,11-12H2,1-2H3. The van der Waals surface area contributed by atoms with Crippen molar-refractivity contribution in [1.29, 1.82) is 0 Å². The van der Waals surface area contributed by atoms with Crippen LogP contribution in [0.3, 0.4) is 0 Å². The fraction of sp³-hybridized carbons (Fsp3) is 0.526. The van der Waals surface area contributed by atoms with Crippen LogP contribution in [0.25, 0.3) is 10.9 Å². The molecular weight excluding hydrogens is 308 g/mol. The summed E-state index contributed by atoms with van der Waals surface area (Å²) in [5.41, 5.74) is 1.55. The summed E-state index contributed by atoms with van der Waals surface area (Å²) in [6.45, 7) is 5.26. The molecule has 1 saturated heterocycles. The fourth-order valence-electron chi connectivity index (χ4n) is 3.49. The Morgan fingerprint density at radius 3 is 2.54 bits per heavy atom. The molecule has 0 amide bonds. The van der Waals surface area contributed by atoms with Crippen LogP contribution in [-0.2, 0) is 13.1 Å². The molecule has 2 aromatic rings. The molecule has 0 saturated carbocycles. The number of piperidine rings is 1. The average molecular weight is 333 g/mol. The summed E-state index contributed by atoms with van der Waals surface area (Å²) in [7, 11) is 1.78. The van der Waals surface area contributed by atoms with Gasteiger partial charge in [0.1, 0.15) is 5.82 Å². The van der Waals surface area contributed by atoms with E-state index in [0.717, 1.165) is 24.4 Å². The molecule has 1 aromatic carbocycles. The SMILES string of the molecule is CCC1CCN(Cc2cc3cc(CNC)c(F)cc3nc2F)CC1. The molecule has 0 bridgehead atoms. The van der Waals surface area contributed by atoms with Crippen LogP contribution >= 0.6 is 0 Å². The zero-order valence-corrected chi connectivity index (χ0v) is 14.4. The van der Waals surface area contributed by atoms with Crippen molar-refractivity contribution < 1.29 is 8.78 Å². The Labute approximate surface area is 142 Å². The van der Waals surface area contributed by atoms with Gasteiger partial charge in [-0.05, 0) is 51.0 Å². The van der Waals surface area contributed by atoms with Gasteiger partial charge in [0.15, 0.2) is 0 Å². The Hall–Kier alpha value is -1.59. The number of hydrogen-bond donors (Lipinski definition) is 1. The highest BCUT2D eigenvalue weighted by Crippen LogP contribution is 2.24. The minimum Gasteiger partial charge on any atom is -0.316 e. The van der Waals surface area contributed by atoms with Crippen LogP contribution in [0.2, 0.25) is 0 Å². The number of nitrogens with zero attached hydrogens (tertiary/aromatic N) is 2. The van der Waals surface area contributed by atoms with Gasteiger partial charge in [-0.3, -0.25) is 4.90 Å². The lowest BCUT2D eigenvalue weighted by atomic mass is 9.94. The molecule has 1 aliphatic heterocycles. The number of halogens is 2. The van der Waals surface area contributed by atoms with Crippen molar-refractivity contribution in [1.82, 2.24) is 15.2 Å². The van der Waals surface area contributed by atoms with Crippen LogP contribution in [-0.4, -0.2) is 30.0 Å². The van der Waals surface area contributed by atoms with E-state index >= 15 is 0 Å². The molecule has 1 aromatic heterocycles. The van der Waals surface area contributed by atoms with Crippen molar-refractivity contribution >= 4 is 10.9 Å². The van der Waals surface area contributed by atoms with Crippen LogP contribution in [0, 0.1) is 17.7 Å². The van der Waals surface area contributed by atoms with Gasteiger partial charge in [-0.2, -0.15) is 4.39 Å². The Kier molecular flexibility index (Phi) is 5.41. The molecule has 1 aliphatic rings. The fourth-order valence-corrected chi connectivity index (χ4v) is 3.49. The number of rotatable bonds is 5. The largest absolute Gasteiger partial charge is 0.316 e. The van der Waals surface area contributed by atoms with Gasteiger partial charge >= 0.3 is 0 Å². The topological polar surface area (TPSA) is 28.2 Å². The molecular formula is C19H25F2N3. The number of fused-ring (bicyclic) bond motifs is 1. The molecule has 0 atom stereocenters. The summed E-state index contributed by atoms with van der Waals surface area (Å²) in [5, 5.41) is 3.74. The molecule has 1 N–H and O–H groups in total. The second-order valence-electron chi connectivity index (χ2n) is 6.73. The van der Waals surface area contributed by atoms with E-state index in [1.807, 2.05) is 6.07 Å². The van der Waals surface area contributed by atoms with E-state index in [2.05, 4.69) is 22.1 Å². The molecule has 0 unspecified atom stereocenters. The maximum absolute atomic E-state index is 14.3. The summed E-state index contributed by atoms with van der Waals surface area (Å²) < 4.78 is 28.3. The molecule has 1 fully saturated rings. The summed E-state index contributed by atoms with van der Waals surface area (Å²) >= 11 is 0. The second kappa shape index (κ2) is 7.53. The van der Waals surface area contributed by atoms with Crippen LogP contribution < -0.4 is 5.32 Å². The van der Waals surface area contributed by atoms with E-state index in [4.69, 9.17) is 0 Å². The van der Waals surface area contributed by atoms with E-state index in [9.17, 15) is 8.78 Å². The number of nitrogens with one attached hydrogen (secondary N) is 1. The third-order valence-corrected chi connectivity index (χ3v) is 5.05.